The third-order valence-electron chi connectivity index (χ3n) is 1.97. The molecular formula is C11H11N3O. The number of nitrogens with two attached hydrogens (primary N) is 1. The van der Waals surface area contributed by atoms with E-state index in [0.717, 1.165) is 11.3 Å². The molecule has 1 aromatic carbocycles. The smallest absolute Gasteiger partial charge is 0.126 e. The van der Waals surface area contributed by atoms with Gasteiger partial charge in [0.2, 0.25) is 0 Å². The van der Waals surface area contributed by atoms with Gasteiger partial charge in [0, 0.05) is 11.6 Å². The van der Waals surface area contributed by atoms with Gasteiger partial charge < -0.3 is 10.3 Å². The minimum atomic E-state index is 0.442. The normalized spacial score (nSPS) is 11.6. The number of rotatable bonds is 3. The van der Waals surface area contributed by atoms with Crippen LogP contribution in [0.15, 0.2) is 52.2 Å². The molecule has 0 bridgehead atoms. The van der Waals surface area contributed by atoms with E-state index >= 15 is 0 Å². The molecule has 0 saturated heterocycles. The summed E-state index contributed by atoms with van der Waals surface area (Å²) in [6.45, 7) is 0.442. The van der Waals surface area contributed by atoms with E-state index in [1.807, 2.05) is 30.3 Å². The van der Waals surface area contributed by atoms with E-state index in [2.05, 4.69) is 10.1 Å². The fraction of sp³-hybridized carbons (Fsp3) is 0.0909. The fourth-order valence-corrected chi connectivity index (χ4v) is 1.19. The molecule has 1 heterocycles. The number of hydrogen-bond donors (Lipinski definition) is 1. The Morgan fingerprint density at radius 2 is 2.07 bits per heavy atom. The summed E-state index contributed by atoms with van der Waals surface area (Å²) in [6.07, 6.45) is 1.52. The van der Waals surface area contributed by atoms with Crippen LogP contribution in [0.2, 0.25) is 0 Å². The summed E-state index contributed by atoms with van der Waals surface area (Å²) >= 11 is 0. The van der Waals surface area contributed by atoms with E-state index in [1.54, 1.807) is 6.07 Å². The van der Waals surface area contributed by atoms with Crippen molar-refractivity contribution in [2.45, 2.75) is 6.54 Å². The maximum absolute atomic E-state index is 5.80. The second kappa shape index (κ2) is 4.41. The quantitative estimate of drug-likeness (QED) is 0.605. The fourth-order valence-electron chi connectivity index (χ4n) is 1.19. The molecule has 0 spiro atoms. The van der Waals surface area contributed by atoms with Crippen molar-refractivity contribution in [1.29, 1.82) is 0 Å². The molecular weight excluding hydrogens is 190 g/mol. The highest BCUT2D eigenvalue weighted by Gasteiger charge is 1.98. The summed E-state index contributed by atoms with van der Waals surface area (Å²) in [7, 11) is 0. The molecule has 0 radical (unpaired) electrons. The van der Waals surface area contributed by atoms with Gasteiger partial charge in [-0.3, -0.25) is 4.99 Å². The molecule has 0 aliphatic carbocycles. The van der Waals surface area contributed by atoms with Crippen LogP contribution in [0.5, 0.6) is 0 Å². The highest BCUT2D eigenvalue weighted by Crippen LogP contribution is 2.01. The van der Waals surface area contributed by atoms with Crippen molar-refractivity contribution in [3.05, 3.63) is 53.9 Å². The van der Waals surface area contributed by atoms with Gasteiger partial charge in [-0.25, -0.2) is 0 Å². The van der Waals surface area contributed by atoms with Gasteiger partial charge in [0.25, 0.3) is 0 Å². The first-order chi connectivity index (χ1) is 7.36. The Bertz CT molecular complexity index is 434. The van der Waals surface area contributed by atoms with Crippen LogP contribution in [0.25, 0.3) is 0 Å². The van der Waals surface area contributed by atoms with Gasteiger partial charge in [0.1, 0.15) is 17.8 Å². The van der Waals surface area contributed by atoms with Crippen molar-refractivity contribution in [2.75, 3.05) is 0 Å². The number of amidine groups is 1. The first-order valence-electron chi connectivity index (χ1n) is 4.61. The molecule has 0 atom stereocenters. The Hall–Kier alpha value is -2.10. The lowest BCUT2D eigenvalue weighted by Crippen LogP contribution is -2.13. The van der Waals surface area contributed by atoms with E-state index in [1.165, 1.54) is 6.26 Å². The number of benzene rings is 1. The standard InChI is InChI=1S/C11H11N3O/c12-11(9-4-2-1-3-5-9)13-8-10-6-7-15-14-10/h1-7H,8H2,(H2,12,13). The second-order valence-corrected chi connectivity index (χ2v) is 3.06. The largest absolute Gasteiger partial charge is 0.383 e. The average molecular weight is 201 g/mol. The van der Waals surface area contributed by atoms with Crippen LogP contribution in [0.4, 0.5) is 0 Å². The molecule has 0 aliphatic heterocycles. The average Bonchev–Trinajstić information content (AvgIpc) is 2.80. The van der Waals surface area contributed by atoms with Crippen LogP contribution in [0, 0.1) is 0 Å². The lowest BCUT2D eigenvalue weighted by molar-refractivity contribution is 0.412. The Morgan fingerprint density at radius 3 is 2.73 bits per heavy atom. The third-order valence-corrected chi connectivity index (χ3v) is 1.97. The van der Waals surface area contributed by atoms with Crippen molar-refractivity contribution in [1.82, 2.24) is 5.16 Å². The van der Waals surface area contributed by atoms with Gasteiger partial charge in [-0.2, -0.15) is 0 Å². The minimum Gasteiger partial charge on any atom is -0.383 e. The summed E-state index contributed by atoms with van der Waals surface area (Å²) in [5.74, 6) is 0.513. The topological polar surface area (TPSA) is 64.4 Å². The summed E-state index contributed by atoms with van der Waals surface area (Å²) in [5, 5.41) is 3.74. The highest BCUT2D eigenvalue weighted by atomic mass is 16.5. The summed E-state index contributed by atoms with van der Waals surface area (Å²) in [5.41, 5.74) is 7.49. The van der Waals surface area contributed by atoms with Gasteiger partial charge >= 0.3 is 0 Å². The molecule has 4 heteroatoms. The number of aliphatic imine (C=N–C) groups is 1. The minimum absolute atomic E-state index is 0.442. The van der Waals surface area contributed by atoms with Crippen molar-refractivity contribution in [3.8, 4) is 0 Å². The summed E-state index contributed by atoms with van der Waals surface area (Å²) in [4.78, 5) is 4.21. The predicted octanol–water partition coefficient (Wildman–Crippen LogP) is 1.58. The molecule has 0 amide bonds. The summed E-state index contributed by atoms with van der Waals surface area (Å²) in [6, 6.07) is 11.4. The highest BCUT2D eigenvalue weighted by molar-refractivity contribution is 5.97. The lowest BCUT2D eigenvalue weighted by atomic mass is 10.2. The Kier molecular flexibility index (Phi) is 2.78. The molecule has 2 rings (SSSR count). The van der Waals surface area contributed by atoms with Gasteiger partial charge in [-0.15, -0.1) is 0 Å². The second-order valence-electron chi connectivity index (χ2n) is 3.06. The number of nitrogens with zero attached hydrogens (tertiary/aromatic N) is 2. The van der Waals surface area contributed by atoms with E-state index in [4.69, 9.17) is 10.3 Å². The molecule has 15 heavy (non-hydrogen) atoms. The van der Waals surface area contributed by atoms with Crippen LogP contribution in [-0.4, -0.2) is 11.0 Å². The molecule has 2 aromatic rings. The molecule has 2 N–H and O–H groups in total. The number of hydrogen-bond acceptors (Lipinski definition) is 3. The lowest BCUT2D eigenvalue weighted by Gasteiger charge is -1.98. The zero-order valence-electron chi connectivity index (χ0n) is 8.13. The van der Waals surface area contributed by atoms with E-state index in [-0.39, 0.29) is 0 Å². The third kappa shape index (κ3) is 2.43. The van der Waals surface area contributed by atoms with Crippen molar-refractivity contribution in [2.24, 2.45) is 10.7 Å². The molecule has 76 valence electrons. The molecule has 4 nitrogen and oxygen atoms in total. The van der Waals surface area contributed by atoms with Crippen LogP contribution in [0.1, 0.15) is 11.3 Å². The van der Waals surface area contributed by atoms with Crippen LogP contribution in [-0.2, 0) is 6.54 Å². The van der Waals surface area contributed by atoms with E-state index < -0.39 is 0 Å². The zero-order valence-corrected chi connectivity index (χ0v) is 8.13. The van der Waals surface area contributed by atoms with Gasteiger partial charge in [-0.05, 0) is 0 Å². The van der Waals surface area contributed by atoms with Crippen molar-refractivity contribution >= 4 is 5.84 Å². The monoisotopic (exact) mass is 201 g/mol. The van der Waals surface area contributed by atoms with Crippen LogP contribution in [0.3, 0.4) is 0 Å². The van der Waals surface area contributed by atoms with Crippen molar-refractivity contribution in [3.63, 3.8) is 0 Å². The number of aromatic nitrogens is 1. The first-order valence-corrected chi connectivity index (χ1v) is 4.61. The van der Waals surface area contributed by atoms with Gasteiger partial charge in [-0.1, -0.05) is 35.5 Å². The first kappa shape index (κ1) is 9.45. The molecule has 0 saturated carbocycles. The molecule has 1 aromatic heterocycles. The summed E-state index contributed by atoms with van der Waals surface area (Å²) < 4.78 is 4.69. The maximum atomic E-state index is 5.80. The SMILES string of the molecule is NC(=NCc1ccon1)c1ccccc1. The van der Waals surface area contributed by atoms with Crippen molar-refractivity contribution < 1.29 is 4.52 Å². The van der Waals surface area contributed by atoms with Crippen LogP contribution < -0.4 is 5.73 Å². The zero-order chi connectivity index (χ0) is 10.5. The predicted molar refractivity (Wildman–Crippen MR) is 57.4 cm³/mol. The molecule has 0 fully saturated rings. The maximum Gasteiger partial charge on any atom is 0.126 e. The Labute approximate surface area is 87.4 Å². The van der Waals surface area contributed by atoms with Gasteiger partial charge in [0.15, 0.2) is 0 Å². The molecule has 0 aliphatic rings. The molecule has 0 unspecified atom stereocenters. The van der Waals surface area contributed by atoms with E-state index in [0.29, 0.717) is 12.4 Å². The van der Waals surface area contributed by atoms with Gasteiger partial charge in [0.05, 0.1) is 6.54 Å². The van der Waals surface area contributed by atoms with Crippen LogP contribution >= 0.6 is 0 Å². The Morgan fingerprint density at radius 1 is 1.27 bits per heavy atom. The Balaban J connectivity index is 2.08. The van der Waals surface area contributed by atoms with E-state index in [9.17, 15) is 0 Å².